The van der Waals surface area contributed by atoms with Crippen LogP contribution in [0.1, 0.15) is 33.6 Å². The number of rotatable bonds is 7. The molecule has 1 nitrogen and oxygen atoms in total. The normalized spacial score (nSPS) is 11.7. The van der Waals surface area contributed by atoms with Crippen LogP contribution in [-0.4, -0.2) is 24.5 Å². The zero-order valence-electron chi connectivity index (χ0n) is 10.1. The topological polar surface area (TPSA) is 3.24 Å². The average Bonchev–Trinajstić information content (AvgIpc) is 2.02. The zero-order valence-corrected chi connectivity index (χ0v) is 10.1. The third-order valence-electron chi connectivity index (χ3n) is 2.18. The van der Waals surface area contributed by atoms with Gasteiger partial charge >= 0.3 is 0 Å². The molecule has 0 aliphatic heterocycles. The van der Waals surface area contributed by atoms with Crippen LogP contribution in [0.15, 0.2) is 25.3 Å². The lowest BCUT2D eigenvalue weighted by Gasteiger charge is -2.22. The summed E-state index contributed by atoms with van der Waals surface area (Å²) in [6.45, 7) is 17.5. The highest BCUT2D eigenvalue weighted by Gasteiger charge is 2.10. The fraction of sp³-hybridized carbons (Fsp3) is 0.692. The van der Waals surface area contributed by atoms with E-state index in [4.69, 9.17) is 0 Å². The summed E-state index contributed by atoms with van der Waals surface area (Å²) in [6, 6.07) is 0. The molecule has 0 N–H and O–H groups in total. The Labute approximate surface area is 89.5 Å². The van der Waals surface area contributed by atoms with Crippen molar-refractivity contribution in [1.82, 2.24) is 4.90 Å². The van der Waals surface area contributed by atoms with E-state index in [-0.39, 0.29) is 0 Å². The van der Waals surface area contributed by atoms with Gasteiger partial charge in [-0.05, 0) is 24.8 Å². The second-order valence-corrected chi connectivity index (χ2v) is 5.00. The minimum atomic E-state index is 0.452. The van der Waals surface area contributed by atoms with Gasteiger partial charge in [0, 0.05) is 13.1 Å². The number of hydrogen-bond donors (Lipinski definition) is 0. The maximum absolute atomic E-state index is 3.76. The Hall–Kier alpha value is -0.560. The summed E-state index contributed by atoms with van der Waals surface area (Å²) < 4.78 is 0. The smallest absolute Gasteiger partial charge is 0.0163 e. The number of hydrogen-bond acceptors (Lipinski definition) is 1. The SMILES string of the molecule is C=CCN(CC=C)CCCC(C)(C)C. The third kappa shape index (κ3) is 8.06. The molecule has 0 aromatic rings. The van der Waals surface area contributed by atoms with Crippen LogP contribution in [0, 0.1) is 5.41 Å². The van der Waals surface area contributed by atoms with Crippen LogP contribution >= 0.6 is 0 Å². The van der Waals surface area contributed by atoms with E-state index in [2.05, 4.69) is 38.8 Å². The van der Waals surface area contributed by atoms with Crippen LogP contribution in [-0.2, 0) is 0 Å². The van der Waals surface area contributed by atoms with Crippen molar-refractivity contribution in [3.63, 3.8) is 0 Å². The Bertz CT molecular complexity index is 155. The minimum absolute atomic E-state index is 0.452. The van der Waals surface area contributed by atoms with Crippen LogP contribution in [0.25, 0.3) is 0 Å². The molecule has 0 radical (unpaired) electrons. The summed E-state index contributed by atoms with van der Waals surface area (Å²) in [5, 5.41) is 0. The van der Waals surface area contributed by atoms with E-state index in [0.717, 1.165) is 19.6 Å². The van der Waals surface area contributed by atoms with Gasteiger partial charge < -0.3 is 0 Å². The lowest BCUT2D eigenvalue weighted by molar-refractivity contribution is 0.287. The summed E-state index contributed by atoms with van der Waals surface area (Å²) in [7, 11) is 0. The quantitative estimate of drug-likeness (QED) is 0.562. The first-order chi connectivity index (χ1) is 6.49. The maximum atomic E-state index is 3.76. The Kier molecular flexibility index (Phi) is 6.56. The Morgan fingerprint density at radius 3 is 1.93 bits per heavy atom. The second-order valence-electron chi connectivity index (χ2n) is 5.00. The maximum Gasteiger partial charge on any atom is 0.0163 e. The Morgan fingerprint density at radius 1 is 1.07 bits per heavy atom. The third-order valence-corrected chi connectivity index (χ3v) is 2.18. The van der Waals surface area contributed by atoms with Gasteiger partial charge in [-0.15, -0.1) is 13.2 Å². The predicted octanol–water partition coefficient (Wildman–Crippen LogP) is 3.49. The molecule has 0 fully saturated rings. The summed E-state index contributed by atoms with van der Waals surface area (Å²) in [5.74, 6) is 0. The van der Waals surface area contributed by atoms with E-state index in [0.29, 0.717) is 5.41 Å². The van der Waals surface area contributed by atoms with Crippen molar-refractivity contribution in [2.75, 3.05) is 19.6 Å². The molecule has 0 heterocycles. The van der Waals surface area contributed by atoms with Gasteiger partial charge in [-0.1, -0.05) is 32.9 Å². The van der Waals surface area contributed by atoms with E-state index < -0.39 is 0 Å². The molecule has 0 spiro atoms. The fourth-order valence-corrected chi connectivity index (χ4v) is 1.46. The molecule has 14 heavy (non-hydrogen) atoms. The molecule has 0 bridgehead atoms. The van der Waals surface area contributed by atoms with Crippen LogP contribution in [0.4, 0.5) is 0 Å². The molecule has 0 amide bonds. The Balaban J connectivity index is 3.70. The first-order valence-corrected chi connectivity index (χ1v) is 5.44. The van der Waals surface area contributed by atoms with Crippen molar-refractivity contribution >= 4 is 0 Å². The molecular formula is C13H25N. The fourth-order valence-electron chi connectivity index (χ4n) is 1.46. The lowest BCUT2D eigenvalue weighted by atomic mass is 9.90. The van der Waals surface area contributed by atoms with Gasteiger partial charge in [0.2, 0.25) is 0 Å². The average molecular weight is 195 g/mol. The molecule has 0 rings (SSSR count). The van der Waals surface area contributed by atoms with Crippen LogP contribution in [0.2, 0.25) is 0 Å². The molecule has 0 aliphatic carbocycles. The highest BCUT2D eigenvalue weighted by Crippen LogP contribution is 2.20. The lowest BCUT2D eigenvalue weighted by Crippen LogP contribution is -2.25. The van der Waals surface area contributed by atoms with E-state index in [1.54, 1.807) is 0 Å². The highest BCUT2D eigenvalue weighted by molar-refractivity contribution is 4.79. The molecule has 0 unspecified atom stereocenters. The van der Waals surface area contributed by atoms with E-state index in [1.165, 1.54) is 12.8 Å². The summed E-state index contributed by atoms with van der Waals surface area (Å²) >= 11 is 0. The molecular weight excluding hydrogens is 170 g/mol. The van der Waals surface area contributed by atoms with Crippen molar-refractivity contribution in [3.05, 3.63) is 25.3 Å². The standard InChI is InChI=1S/C13H25N/c1-6-10-14(11-7-2)12-8-9-13(3,4)5/h6-7H,1-2,8-12H2,3-5H3. The molecule has 0 aromatic heterocycles. The first-order valence-electron chi connectivity index (χ1n) is 5.44. The van der Waals surface area contributed by atoms with Gasteiger partial charge in [0.05, 0.1) is 0 Å². The van der Waals surface area contributed by atoms with Crippen molar-refractivity contribution in [3.8, 4) is 0 Å². The van der Waals surface area contributed by atoms with Gasteiger partial charge in [-0.3, -0.25) is 4.90 Å². The van der Waals surface area contributed by atoms with Gasteiger partial charge in [0.1, 0.15) is 0 Å². The van der Waals surface area contributed by atoms with E-state index >= 15 is 0 Å². The molecule has 1 heteroatoms. The minimum Gasteiger partial charge on any atom is -0.296 e. The first kappa shape index (κ1) is 13.4. The van der Waals surface area contributed by atoms with Gasteiger partial charge in [0.25, 0.3) is 0 Å². The van der Waals surface area contributed by atoms with Crippen molar-refractivity contribution < 1.29 is 0 Å². The van der Waals surface area contributed by atoms with Crippen LogP contribution < -0.4 is 0 Å². The van der Waals surface area contributed by atoms with Crippen LogP contribution in [0.5, 0.6) is 0 Å². The highest BCUT2D eigenvalue weighted by atomic mass is 15.1. The summed E-state index contributed by atoms with van der Waals surface area (Å²) in [6.07, 6.45) is 6.45. The molecule has 0 saturated carbocycles. The molecule has 82 valence electrons. The van der Waals surface area contributed by atoms with Crippen LogP contribution in [0.3, 0.4) is 0 Å². The largest absolute Gasteiger partial charge is 0.296 e. The molecule has 0 atom stereocenters. The van der Waals surface area contributed by atoms with Gasteiger partial charge in [-0.25, -0.2) is 0 Å². The Morgan fingerprint density at radius 2 is 1.57 bits per heavy atom. The zero-order chi connectivity index (χ0) is 11.0. The molecule has 0 saturated heterocycles. The van der Waals surface area contributed by atoms with Crippen molar-refractivity contribution in [1.29, 1.82) is 0 Å². The van der Waals surface area contributed by atoms with Gasteiger partial charge in [-0.2, -0.15) is 0 Å². The number of nitrogens with zero attached hydrogens (tertiary/aromatic N) is 1. The van der Waals surface area contributed by atoms with E-state index in [1.807, 2.05) is 12.2 Å². The van der Waals surface area contributed by atoms with E-state index in [9.17, 15) is 0 Å². The summed E-state index contributed by atoms with van der Waals surface area (Å²) in [4.78, 5) is 2.37. The summed E-state index contributed by atoms with van der Waals surface area (Å²) in [5.41, 5.74) is 0.452. The predicted molar refractivity (Wildman–Crippen MR) is 65.5 cm³/mol. The van der Waals surface area contributed by atoms with Gasteiger partial charge in [0.15, 0.2) is 0 Å². The molecule has 0 aromatic carbocycles. The second kappa shape index (κ2) is 6.83. The molecule has 0 aliphatic rings. The van der Waals surface area contributed by atoms with Crippen molar-refractivity contribution in [2.45, 2.75) is 33.6 Å². The monoisotopic (exact) mass is 195 g/mol. The van der Waals surface area contributed by atoms with Crippen molar-refractivity contribution in [2.24, 2.45) is 5.41 Å².